The van der Waals surface area contributed by atoms with Crippen LogP contribution in [0.3, 0.4) is 0 Å². The molecule has 0 bridgehead atoms. The van der Waals surface area contributed by atoms with Crippen molar-refractivity contribution in [2.75, 3.05) is 0 Å². The zero-order valence-corrected chi connectivity index (χ0v) is 20.2. The first-order valence-corrected chi connectivity index (χ1v) is 11.0. The number of carbonyl (C=O) groups excluding carboxylic acids is 5. The van der Waals surface area contributed by atoms with Crippen LogP contribution in [0.5, 0.6) is 23.0 Å². The maximum Gasteiger partial charge on any atom is 0.308 e. The van der Waals surface area contributed by atoms with Gasteiger partial charge in [-0.1, -0.05) is 12.1 Å². The molecule has 0 aromatic heterocycles. The minimum absolute atomic E-state index is 0.0686. The Hall–Kier alpha value is -4.53. The van der Waals surface area contributed by atoms with Gasteiger partial charge in [-0.15, -0.1) is 0 Å². The number of Topliss-reactive ketones (excluding diaryl/α,β-unsaturated/α-hetero) is 1. The van der Waals surface area contributed by atoms with E-state index in [0.717, 1.165) is 0 Å². The van der Waals surface area contributed by atoms with Gasteiger partial charge in [0.05, 0.1) is 0 Å². The predicted molar refractivity (Wildman–Crippen MR) is 128 cm³/mol. The topological polar surface area (TPSA) is 122 Å². The minimum atomic E-state index is -0.580. The molecule has 9 nitrogen and oxygen atoms in total. The summed E-state index contributed by atoms with van der Waals surface area (Å²) in [5.41, 5.74) is 2.28. The van der Waals surface area contributed by atoms with Crippen LogP contribution < -0.4 is 18.9 Å². The molecule has 2 aromatic rings. The molecule has 0 unspecified atom stereocenters. The van der Waals surface area contributed by atoms with E-state index in [-0.39, 0.29) is 28.8 Å². The second-order valence-corrected chi connectivity index (χ2v) is 7.96. The minimum Gasteiger partial charge on any atom is -0.423 e. The Labute approximate surface area is 207 Å². The van der Waals surface area contributed by atoms with Crippen LogP contribution >= 0.6 is 0 Å². The van der Waals surface area contributed by atoms with Crippen molar-refractivity contribution >= 4 is 41.8 Å². The molecule has 0 radical (unpaired) electrons. The monoisotopic (exact) mass is 492 g/mol. The Morgan fingerprint density at radius 3 is 1.25 bits per heavy atom. The first kappa shape index (κ1) is 26.1. The molecule has 0 heterocycles. The highest BCUT2D eigenvalue weighted by molar-refractivity contribution is 6.15. The molecule has 0 N–H and O–H groups in total. The number of benzene rings is 2. The fraction of sp³-hybridized carbons (Fsp3) is 0.222. The number of hydrogen-bond donors (Lipinski definition) is 0. The quantitative estimate of drug-likeness (QED) is 0.331. The highest BCUT2D eigenvalue weighted by Gasteiger charge is 2.24. The fourth-order valence-electron chi connectivity index (χ4n) is 3.56. The molecule has 1 aliphatic carbocycles. The summed E-state index contributed by atoms with van der Waals surface area (Å²) in [4.78, 5) is 58.5. The van der Waals surface area contributed by atoms with Gasteiger partial charge < -0.3 is 18.9 Å². The largest absolute Gasteiger partial charge is 0.423 e. The van der Waals surface area contributed by atoms with Gasteiger partial charge in [0.2, 0.25) is 0 Å². The van der Waals surface area contributed by atoms with E-state index in [1.54, 1.807) is 24.3 Å². The number of rotatable bonds is 6. The zero-order chi connectivity index (χ0) is 26.4. The van der Waals surface area contributed by atoms with Gasteiger partial charge in [0.1, 0.15) is 0 Å². The van der Waals surface area contributed by atoms with Crippen molar-refractivity contribution < 1.29 is 42.9 Å². The lowest BCUT2D eigenvalue weighted by molar-refractivity contribution is -0.134. The molecule has 36 heavy (non-hydrogen) atoms. The van der Waals surface area contributed by atoms with E-state index in [1.807, 2.05) is 0 Å². The molecule has 3 rings (SSSR count). The smallest absolute Gasteiger partial charge is 0.308 e. The van der Waals surface area contributed by atoms with Crippen molar-refractivity contribution in [2.24, 2.45) is 0 Å². The lowest BCUT2D eigenvalue weighted by atomic mass is 10.1. The molecular weight excluding hydrogens is 468 g/mol. The summed E-state index contributed by atoms with van der Waals surface area (Å²) < 4.78 is 20.4. The van der Waals surface area contributed by atoms with E-state index in [2.05, 4.69) is 0 Å². The van der Waals surface area contributed by atoms with E-state index in [1.165, 1.54) is 52.0 Å². The first-order chi connectivity index (χ1) is 17.0. The fourth-order valence-corrected chi connectivity index (χ4v) is 3.56. The molecule has 0 spiro atoms. The zero-order valence-electron chi connectivity index (χ0n) is 20.2. The summed E-state index contributed by atoms with van der Waals surface area (Å²) in [6, 6.07) is 9.30. The van der Waals surface area contributed by atoms with E-state index >= 15 is 0 Å². The van der Waals surface area contributed by atoms with Gasteiger partial charge in [-0.05, 0) is 60.4 Å². The number of allylic oxidation sites excluding steroid dienone is 2. The third-order valence-corrected chi connectivity index (χ3v) is 4.88. The van der Waals surface area contributed by atoms with Crippen molar-refractivity contribution in [2.45, 2.75) is 40.5 Å². The van der Waals surface area contributed by atoms with Crippen LogP contribution in [0.4, 0.5) is 0 Å². The Bertz CT molecular complexity index is 1220. The summed E-state index contributed by atoms with van der Waals surface area (Å²) in [6.07, 6.45) is 4.34. The normalized spacial score (nSPS) is 15.1. The van der Waals surface area contributed by atoms with Gasteiger partial charge in [0, 0.05) is 38.8 Å². The lowest BCUT2D eigenvalue weighted by Crippen LogP contribution is -2.07. The number of hydrogen-bond acceptors (Lipinski definition) is 9. The Balaban J connectivity index is 1.87. The highest BCUT2D eigenvalue weighted by atomic mass is 16.6. The first-order valence-electron chi connectivity index (χ1n) is 11.0. The van der Waals surface area contributed by atoms with Crippen LogP contribution in [-0.2, 0) is 24.0 Å². The molecule has 0 saturated heterocycles. The predicted octanol–water partition coefficient (Wildman–Crippen LogP) is 4.22. The van der Waals surface area contributed by atoms with Crippen LogP contribution in [0.2, 0.25) is 0 Å². The second-order valence-electron chi connectivity index (χ2n) is 7.96. The Morgan fingerprint density at radius 1 is 0.583 bits per heavy atom. The number of ether oxygens (including phenoxy) is 4. The van der Waals surface area contributed by atoms with Gasteiger partial charge in [-0.3, -0.25) is 24.0 Å². The summed E-state index contributed by atoms with van der Waals surface area (Å²) in [5.74, 6) is -2.12. The molecule has 186 valence electrons. The van der Waals surface area contributed by atoms with Crippen LogP contribution in [0.15, 0.2) is 47.5 Å². The highest BCUT2D eigenvalue weighted by Crippen LogP contribution is 2.35. The summed E-state index contributed by atoms with van der Waals surface area (Å²) in [5, 5.41) is 0. The van der Waals surface area contributed by atoms with Crippen LogP contribution in [0.1, 0.15) is 51.7 Å². The molecular formula is C27H24O9. The van der Waals surface area contributed by atoms with E-state index in [9.17, 15) is 24.0 Å². The van der Waals surface area contributed by atoms with Crippen LogP contribution in [0, 0.1) is 0 Å². The molecule has 1 saturated carbocycles. The second kappa shape index (κ2) is 11.3. The van der Waals surface area contributed by atoms with Crippen molar-refractivity contribution in [3.63, 3.8) is 0 Å². The number of ketones is 1. The standard InChI is InChI=1S/C27H24O9/c1-15(28)33-23-9-5-19(13-25(23)35-17(3)30)11-21-7-8-22(27(21)32)12-20-6-10-24(34-16(2)29)26(14-20)36-18(4)31/h5-6,9-14H,7-8H2,1-4H3. The van der Waals surface area contributed by atoms with Gasteiger partial charge in [0.25, 0.3) is 0 Å². The van der Waals surface area contributed by atoms with E-state index in [0.29, 0.717) is 35.1 Å². The molecule has 9 heteroatoms. The van der Waals surface area contributed by atoms with Crippen molar-refractivity contribution in [1.29, 1.82) is 0 Å². The Morgan fingerprint density at radius 2 is 0.917 bits per heavy atom. The average molecular weight is 492 g/mol. The van der Waals surface area contributed by atoms with Gasteiger partial charge in [-0.25, -0.2) is 0 Å². The SMILES string of the molecule is CC(=O)Oc1ccc(C=C2CCC(=Cc3ccc(OC(C)=O)c(OC(C)=O)c3)C2=O)cc1OC(C)=O. The molecule has 1 aliphatic rings. The molecule has 0 amide bonds. The van der Waals surface area contributed by atoms with E-state index < -0.39 is 23.9 Å². The van der Waals surface area contributed by atoms with Crippen LogP contribution in [0.25, 0.3) is 12.2 Å². The summed E-state index contributed by atoms with van der Waals surface area (Å²) in [7, 11) is 0. The number of carbonyl (C=O) groups is 5. The molecule has 2 aromatic carbocycles. The molecule has 0 atom stereocenters. The van der Waals surface area contributed by atoms with Gasteiger partial charge in [0.15, 0.2) is 28.8 Å². The van der Waals surface area contributed by atoms with Gasteiger partial charge >= 0.3 is 23.9 Å². The summed E-state index contributed by atoms with van der Waals surface area (Å²) >= 11 is 0. The average Bonchev–Trinajstić information content (AvgIpc) is 3.09. The molecule has 1 fully saturated rings. The Kier molecular flexibility index (Phi) is 8.16. The molecule has 0 aliphatic heterocycles. The third kappa shape index (κ3) is 6.99. The third-order valence-electron chi connectivity index (χ3n) is 4.88. The van der Waals surface area contributed by atoms with Gasteiger partial charge in [-0.2, -0.15) is 0 Å². The number of esters is 4. The van der Waals surface area contributed by atoms with Crippen LogP contribution in [-0.4, -0.2) is 29.7 Å². The lowest BCUT2D eigenvalue weighted by Gasteiger charge is -2.09. The maximum absolute atomic E-state index is 13.0. The van der Waals surface area contributed by atoms with Crippen molar-refractivity contribution in [3.05, 3.63) is 58.7 Å². The van der Waals surface area contributed by atoms with Crippen molar-refractivity contribution in [3.8, 4) is 23.0 Å². The maximum atomic E-state index is 13.0. The summed E-state index contributed by atoms with van der Waals surface area (Å²) in [6.45, 7) is 4.92. The van der Waals surface area contributed by atoms with Crippen molar-refractivity contribution in [1.82, 2.24) is 0 Å². The van der Waals surface area contributed by atoms with E-state index in [4.69, 9.17) is 18.9 Å².